The standard InChI is InChI=1S/C21H22N4O/c1-17-11-12-22-25(17)20-9-7-18(8-10-20)21(26)24-15-13-23(14-16-24)19-5-3-2-4-6-19/h2-12H,13-16H2,1H3. The second kappa shape index (κ2) is 7.04. The highest BCUT2D eigenvalue weighted by Crippen LogP contribution is 2.18. The normalized spacial score (nSPS) is 14.5. The predicted molar refractivity (Wildman–Crippen MR) is 103 cm³/mol. The highest BCUT2D eigenvalue weighted by atomic mass is 16.2. The Kier molecular flexibility index (Phi) is 4.44. The van der Waals surface area contributed by atoms with Gasteiger partial charge in [-0.2, -0.15) is 5.10 Å². The third-order valence-corrected chi connectivity index (χ3v) is 4.88. The van der Waals surface area contributed by atoms with Gasteiger partial charge in [-0.25, -0.2) is 4.68 Å². The molecule has 2 aromatic carbocycles. The van der Waals surface area contributed by atoms with Crippen LogP contribution in [0.3, 0.4) is 0 Å². The molecule has 0 radical (unpaired) electrons. The number of aryl methyl sites for hydroxylation is 1. The molecule has 5 nitrogen and oxygen atoms in total. The second-order valence-electron chi connectivity index (χ2n) is 6.55. The minimum absolute atomic E-state index is 0.0986. The summed E-state index contributed by atoms with van der Waals surface area (Å²) in [6.45, 7) is 5.22. The molecule has 0 unspecified atom stereocenters. The van der Waals surface area contributed by atoms with Crippen molar-refractivity contribution in [2.24, 2.45) is 0 Å². The van der Waals surface area contributed by atoms with Crippen molar-refractivity contribution in [3.8, 4) is 5.69 Å². The number of hydrogen-bond acceptors (Lipinski definition) is 3. The third kappa shape index (κ3) is 3.20. The Bertz CT molecular complexity index is 878. The lowest BCUT2D eigenvalue weighted by Gasteiger charge is -2.36. The zero-order valence-corrected chi connectivity index (χ0v) is 14.9. The first kappa shape index (κ1) is 16.4. The van der Waals surface area contributed by atoms with Gasteiger partial charge in [0.25, 0.3) is 5.91 Å². The van der Waals surface area contributed by atoms with E-state index in [2.05, 4.69) is 34.3 Å². The number of nitrogens with zero attached hydrogens (tertiary/aromatic N) is 4. The van der Waals surface area contributed by atoms with Gasteiger partial charge >= 0.3 is 0 Å². The molecule has 1 fully saturated rings. The molecular weight excluding hydrogens is 324 g/mol. The Morgan fingerprint density at radius 1 is 0.846 bits per heavy atom. The van der Waals surface area contributed by atoms with Crippen molar-refractivity contribution >= 4 is 11.6 Å². The van der Waals surface area contributed by atoms with E-state index in [4.69, 9.17) is 0 Å². The largest absolute Gasteiger partial charge is 0.368 e. The third-order valence-electron chi connectivity index (χ3n) is 4.88. The van der Waals surface area contributed by atoms with Crippen molar-refractivity contribution in [3.05, 3.63) is 78.1 Å². The van der Waals surface area contributed by atoms with Crippen LogP contribution in [0.4, 0.5) is 5.69 Å². The fraction of sp³-hybridized carbons (Fsp3) is 0.238. The highest BCUT2D eigenvalue weighted by molar-refractivity contribution is 5.94. The topological polar surface area (TPSA) is 41.4 Å². The number of piperazine rings is 1. The molecule has 3 aromatic rings. The smallest absolute Gasteiger partial charge is 0.253 e. The summed E-state index contributed by atoms with van der Waals surface area (Å²) in [6, 6.07) is 20.0. The Balaban J connectivity index is 1.41. The van der Waals surface area contributed by atoms with Gasteiger partial charge in [0.2, 0.25) is 0 Å². The summed E-state index contributed by atoms with van der Waals surface area (Å²) >= 11 is 0. The lowest BCUT2D eigenvalue weighted by Crippen LogP contribution is -2.48. The van der Waals surface area contributed by atoms with Gasteiger partial charge in [-0.15, -0.1) is 0 Å². The Morgan fingerprint density at radius 3 is 2.15 bits per heavy atom. The van der Waals surface area contributed by atoms with E-state index in [0.29, 0.717) is 0 Å². The maximum Gasteiger partial charge on any atom is 0.253 e. The lowest BCUT2D eigenvalue weighted by molar-refractivity contribution is 0.0747. The van der Waals surface area contributed by atoms with Crippen LogP contribution in [0, 0.1) is 6.92 Å². The average molecular weight is 346 g/mol. The number of amides is 1. The molecule has 0 saturated carbocycles. The van der Waals surface area contributed by atoms with Gasteiger partial charge in [-0.1, -0.05) is 18.2 Å². The number of para-hydroxylation sites is 1. The first-order valence-electron chi connectivity index (χ1n) is 8.93. The molecule has 1 aliphatic rings. The van der Waals surface area contributed by atoms with E-state index >= 15 is 0 Å². The van der Waals surface area contributed by atoms with Crippen molar-refractivity contribution in [2.45, 2.75) is 6.92 Å². The predicted octanol–water partition coefficient (Wildman–Crippen LogP) is 3.14. The summed E-state index contributed by atoms with van der Waals surface area (Å²) in [7, 11) is 0. The minimum atomic E-state index is 0.0986. The van der Waals surface area contributed by atoms with E-state index < -0.39 is 0 Å². The van der Waals surface area contributed by atoms with E-state index in [0.717, 1.165) is 43.1 Å². The molecule has 1 amide bonds. The van der Waals surface area contributed by atoms with Crippen molar-refractivity contribution in [2.75, 3.05) is 31.1 Å². The number of carbonyl (C=O) groups excluding carboxylic acids is 1. The van der Waals surface area contributed by atoms with Gasteiger partial charge in [-0.3, -0.25) is 4.79 Å². The fourth-order valence-electron chi connectivity index (χ4n) is 3.37. The molecule has 0 bridgehead atoms. The summed E-state index contributed by atoms with van der Waals surface area (Å²) in [5.74, 6) is 0.0986. The molecule has 0 aliphatic carbocycles. The lowest BCUT2D eigenvalue weighted by atomic mass is 10.1. The summed E-state index contributed by atoms with van der Waals surface area (Å²) in [5.41, 5.74) is 3.99. The molecule has 26 heavy (non-hydrogen) atoms. The van der Waals surface area contributed by atoms with Crippen LogP contribution in [0.15, 0.2) is 66.9 Å². The number of anilines is 1. The molecule has 5 heteroatoms. The van der Waals surface area contributed by atoms with E-state index in [9.17, 15) is 4.79 Å². The number of hydrogen-bond donors (Lipinski definition) is 0. The average Bonchev–Trinajstić information content (AvgIpc) is 3.14. The van der Waals surface area contributed by atoms with Gasteiger partial charge in [0.1, 0.15) is 0 Å². The maximum atomic E-state index is 12.8. The second-order valence-corrected chi connectivity index (χ2v) is 6.55. The van der Waals surface area contributed by atoms with Crippen LogP contribution in [0.1, 0.15) is 16.1 Å². The zero-order chi connectivity index (χ0) is 17.9. The van der Waals surface area contributed by atoms with E-state index in [1.807, 2.05) is 52.9 Å². The van der Waals surface area contributed by atoms with Crippen LogP contribution in [-0.4, -0.2) is 46.8 Å². The molecule has 1 saturated heterocycles. The SMILES string of the molecule is Cc1ccnn1-c1ccc(C(=O)N2CCN(c3ccccc3)CC2)cc1. The molecule has 2 heterocycles. The number of benzene rings is 2. The van der Waals surface area contributed by atoms with Crippen molar-refractivity contribution < 1.29 is 4.79 Å². The molecule has 1 aliphatic heterocycles. The Labute approximate surface area is 153 Å². The molecule has 0 atom stereocenters. The first-order chi connectivity index (χ1) is 12.7. The van der Waals surface area contributed by atoms with Crippen molar-refractivity contribution in [3.63, 3.8) is 0 Å². The fourth-order valence-corrected chi connectivity index (χ4v) is 3.37. The van der Waals surface area contributed by atoms with E-state index in [-0.39, 0.29) is 5.91 Å². The number of rotatable bonds is 3. The van der Waals surface area contributed by atoms with Crippen LogP contribution in [0.2, 0.25) is 0 Å². The molecule has 0 N–H and O–H groups in total. The van der Waals surface area contributed by atoms with E-state index in [1.54, 1.807) is 6.20 Å². The van der Waals surface area contributed by atoms with Gasteiger partial charge < -0.3 is 9.80 Å². The number of aromatic nitrogens is 2. The zero-order valence-electron chi connectivity index (χ0n) is 14.9. The summed E-state index contributed by atoms with van der Waals surface area (Å²) < 4.78 is 1.87. The molecule has 0 spiro atoms. The van der Waals surface area contributed by atoms with Crippen LogP contribution < -0.4 is 4.90 Å². The van der Waals surface area contributed by atoms with Crippen LogP contribution in [0.5, 0.6) is 0 Å². The Morgan fingerprint density at radius 2 is 1.54 bits per heavy atom. The maximum absolute atomic E-state index is 12.8. The highest BCUT2D eigenvalue weighted by Gasteiger charge is 2.22. The van der Waals surface area contributed by atoms with Gasteiger partial charge in [0.05, 0.1) is 5.69 Å². The molecule has 1 aromatic heterocycles. The minimum Gasteiger partial charge on any atom is -0.368 e. The van der Waals surface area contributed by atoms with Crippen LogP contribution in [0.25, 0.3) is 5.69 Å². The van der Waals surface area contributed by atoms with Crippen LogP contribution in [-0.2, 0) is 0 Å². The summed E-state index contributed by atoms with van der Waals surface area (Å²) in [4.78, 5) is 17.1. The van der Waals surface area contributed by atoms with Crippen molar-refractivity contribution in [1.82, 2.24) is 14.7 Å². The summed E-state index contributed by atoms with van der Waals surface area (Å²) in [5, 5.41) is 4.30. The van der Waals surface area contributed by atoms with Gasteiger partial charge in [0.15, 0.2) is 0 Å². The molecule has 132 valence electrons. The van der Waals surface area contributed by atoms with Crippen LogP contribution >= 0.6 is 0 Å². The summed E-state index contributed by atoms with van der Waals surface area (Å²) in [6.07, 6.45) is 1.78. The molecular formula is C21H22N4O. The number of carbonyl (C=O) groups is 1. The molecule has 4 rings (SSSR count). The van der Waals surface area contributed by atoms with Gasteiger partial charge in [0, 0.05) is 49.3 Å². The van der Waals surface area contributed by atoms with Crippen molar-refractivity contribution in [1.29, 1.82) is 0 Å². The first-order valence-corrected chi connectivity index (χ1v) is 8.93. The Hall–Kier alpha value is -3.08. The van der Waals surface area contributed by atoms with Gasteiger partial charge in [-0.05, 0) is 49.4 Å². The monoisotopic (exact) mass is 346 g/mol. The van der Waals surface area contributed by atoms with E-state index in [1.165, 1.54) is 5.69 Å². The quantitative estimate of drug-likeness (QED) is 0.732.